The van der Waals surface area contributed by atoms with Crippen LogP contribution in [0.2, 0.25) is 0 Å². The van der Waals surface area contributed by atoms with Crippen LogP contribution in [0.15, 0.2) is 315 Å². The summed E-state index contributed by atoms with van der Waals surface area (Å²) < 4.78 is 0. The molecule has 2 aliphatic carbocycles. The van der Waals surface area contributed by atoms with Gasteiger partial charge in [0.25, 0.3) is 0 Å². The van der Waals surface area contributed by atoms with Gasteiger partial charge in [-0.05, 0) is 251 Å². The van der Waals surface area contributed by atoms with E-state index in [-0.39, 0.29) is 11.8 Å². The van der Waals surface area contributed by atoms with Crippen LogP contribution in [0.3, 0.4) is 0 Å². The second kappa shape index (κ2) is 22.8. The van der Waals surface area contributed by atoms with Gasteiger partial charge < -0.3 is 19.6 Å². The number of anilines is 12. The lowest BCUT2D eigenvalue weighted by Gasteiger charge is -2.27. The smallest absolute Gasteiger partial charge is 0.0468 e. The summed E-state index contributed by atoms with van der Waals surface area (Å²) in [5, 5.41) is 0. The highest BCUT2D eigenvalue weighted by atomic mass is 15.2. The van der Waals surface area contributed by atoms with Crippen molar-refractivity contribution in [2.75, 3.05) is 19.6 Å². The normalized spacial score (nSPS) is 12.2. The molecule has 4 nitrogen and oxygen atoms in total. The van der Waals surface area contributed by atoms with Gasteiger partial charge >= 0.3 is 0 Å². The largest absolute Gasteiger partial charge is 0.310 e. The molecule has 0 aliphatic heterocycles. The molecular weight excluding hydrogens is 1060 g/mol. The zero-order valence-electron chi connectivity index (χ0n) is 50.0. The maximum absolute atomic E-state index is 2.44. The van der Waals surface area contributed by atoms with Crippen LogP contribution in [-0.2, 0) is 0 Å². The van der Waals surface area contributed by atoms with Crippen LogP contribution in [0.4, 0.5) is 68.2 Å². The third kappa shape index (κ3) is 9.98. The Bertz CT molecular complexity index is 4110. The molecule has 0 fully saturated rings. The molecule has 13 aromatic rings. The standard InChI is InChI=1S/C84H66N4/c1-57-21-17-33-67(49-57)85(63-25-9-5-10-26-63)71-41-45-75-79(53-71)80-54-72(86(64-27-11-6-12-28-64)68-34-18-22-58(2)50-68)42-46-76(80)83(75)61-37-39-62(40-38-61)84-77-47-43-73(87(65-29-13-7-14-30-65)69-35-19-23-59(3)51-69)55-81(77)82-56-74(44-48-78(82)84)88(66-31-15-8-16-32-66)70-36-20-24-60(4)52-70/h5-56,83-84H,1-4H3. The second-order valence-corrected chi connectivity index (χ2v) is 23.7. The SMILES string of the molecule is Cc1cccc(N(c2ccccc2)c2ccc3c(c2)-c2cc(N(c4ccccc4)c4cccc(C)c4)ccc2C3c2ccc(C3c4ccc(N(c5ccccc5)c5cccc(C)c5)cc4-c4cc(N(c5ccccc5)c5cccc(C)c5)ccc43)cc2)c1. The van der Waals surface area contributed by atoms with Crippen molar-refractivity contribution < 1.29 is 0 Å². The van der Waals surface area contributed by atoms with E-state index in [1.54, 1.807) is 0 Å². The van der Waals surface area contributed by atoms with Gasteiger partial charge in [0.2, 0.25) is 0 Å². The highest BCUT2D eigenvalue weighted by Crippen LogP contribution is 2.55. The minimum atomic E-state index is -0.0000994. The summed E-state index contributed by atoms with van der Waals surface area (Å²) in [6.45, 7) is 8.69. The van der Waals surface area contributed by atoms with Crippen LogP contribution in [0.1, 0.15) is 67.5 Å². The van der Waals surface area contributed by atoms with Crippen molar-refractivity contribution in [3.05, 3.63) is 371 Å². The second-order valence-electron chi connectivity index (χ2n) is 23.7. The summed E-state index contributed by atoms with van der Waals surface area (Å²) in [4.78, 5) is 9.59. The Morgan fingerprint density at radius 2 is 0.386 bits per heavy atom. The molecule has 0 spiro atoms. The Morgan fingerprint density at radius 1 is 0.182 bits per heavy atom. The maximum atomic E-state index is 2.44. The fourth-order valence-electron chi connectivity index (χ4n) is 13.8. The Hall–Kier alpha value is -10.9. The molecule has 422 valence electrons. The summed E-state index contributed by atoms with van der Waals surface area (Å²) in [6, 6.07) is 117. The van der Waals surface area contributed by atoms with Gasteiger partial charge in [0, 0.05) is 80.1 Å². The molecule has 13 aromatic carbocycles. The Kier molecular flexibility index (Phi) is 13.9. The molecule has 2 aliphatic rings. The van der Waals surface area contributed by atoms with Crippen LogP contribution in [0.25, 0.3) is 22.3 Å². The molecule has 0 bridgehead atoms. The minimum absolute atomic E-state index is 0.0000994. The first-order valence-corrected chi connectivity index (χ1v) is 30.6. The molecule has 0 N–H and O–H groups in total. The molecule has 0 amide bonds. The fourth-order valence-corrected chi connectivity index (χ4v) is 13.8. The van der Waals surface area contributed by atoms with Gasteiger partial charge in [0.1, 0.15) is 0 Å². The maximum Gasteiger partial charge on any atom is 0.0468 e. The van der Waals surface area contributed by atoms with E-state index in [0.717, 1.165) is 68.2 Å². The molecule has 0 radical (unpaired) electrons. The first-order chi connectivity index (χ1) is 43.3. The summed E-state index contributed by atoms with van der Waals surface area (Å²) in [5.74, 6) is -0.000199. The topological polar surface area (TPSA) is 13.0 Å². The van der Waals surface area contributed by atoms with Gasteiger partial charge in [-0.1, -0.05) is 170 Å². The summed E-state index contributed by atoms with van der Waals surface area (Å²) >= 11 is 0. The summed E-state index contributed by atoms with van der Waals surface area (Å²) in [5.41, 5.74) is 31.0. The fraction of sp³-hybridized carbons (Fsp3) is 0.0714. The molecule has 0 aromatic heterocycles. The third-order valence-corrected chi connectivity index (χ3v) is 17.7. The first-order valence-electron chi connectivity index (χ1n) is 30.6. The van der Waals surface area contributed by atoms with Crippen LogP contribution >= 0.6 is 0 Å². The lowest BCUT2D eigenvalue weighted by molar-refractivity contribution is 0.984. The van der Waals surface area contributed by atoms with Crippen molar-refractivity contribution in [2.24, 2.45) is 0 Å². The van der Waals surface area contributed by atoms with E-state index in [9.17, 15) is 0 Å². The predicted molar refractivity (Wildman–Crippen MR) is 370 cm³/mol. The number of fused-ring (bicyclic) bond motifs is 6. The van der Waals surface area contributed by atoms with Crippen molar-refractivity contribution in [2.45, 2.75) is 39.5 Å². The molecular formula is C84H66N4. The monoisotopic (exact) mass is 1130 g/mol. The van der Waals surface area contributed by atoms with Crippen molar-refractivity contribution >= 4 is 68.2 Å². The van der Waals surface area contributed by atoms with Crippen molar-refractivity contribution in [3.63, 3.8) is 0 Å². The van der Waals surface area contributed by atoms with Crippen molar-refractivity contribution in [3.8, 4) is 22.3 Å². The molecule has 0 unspecified atom stereocenters. The van der Waals surface area contributed by atoms with Gasteiger partial charge in [-0.15, -0.1) is 0 Å². The number of hydrogen-bond donors (Lipinski definition) is 0. The van der Waals surface area contributed by atoms with E-state index in [0.29, 0.717) is 0 Å². The average molecular weight is 1130 g/mol. The predicted octanol–water partition coefficient (Wildman–Crippen LogP) is 23.1. The molecule has 15 rings (SSSR count). The van der Waals surface area contributed by atoms with Crippen LogP contribution in [0, 0.1) is 27.7 Å². The molecule has 4 heteroatoms. The number of benzene rings is 13. The number of hydrogen-bond acceptors (Lipinski definition) is 4. The van der Waals surface area contributed by atoms with Crippen LogP contribution in [0.5, 0.6) is 0 Å². The van der Waals surface area contributed by atoms with E-state index < -0.39 is 0 Å². The number of aryl methyl sites for hydroxylation is 4. The molecule has 0 atom stereocenters. The van der Waals surface area contributed by atoms with Gasteiger partial charge in [-0.2, -0.15) is 0 Å². The number of rotatable bonds is 14. The third-order valence-electron chi connectivity index (χ3n) is 17.7. The van der Waals surface area contributed by atoms with Gasteiger partial charge in [-0.3, -0.25) is 0 Å². The molecule has 88 heavy (non-hydrogen) atoms. The molecule has 0 saturated heterocycles. The zero-order valence-corrected chi connectivity index (χ0v) is 50.0. The molecule has 0 saturated carbocycles. The Morgan fingerprint density at radius 3 is 0.602 bits per heavy atom. The van der Waals surface area contributed by atoms with Crippen molar-refractivity contribution in [1.82, 2.24) is 0 Å². The van der Waals surface area contributed by atoms with E-state index in [2.05, 4.69) is 363 Å². The zero-order chi connectivity index (χ0) is 59.2. The molecule has 0 heterocycles. The summed E-state index contributed by atoms with van der Waals surface area (Å²) in [7, 11) is 0. The number of nitrogens with zero attached hydrogens (tertiary/aromatic N) is 4. The quantitative estimate of drug-likeness (QED) is 0.108. The van der Waals surface area contributed by atoms with Crippen LogP contribution in [-0.4, -0.2) is 0 Å². The average Bonchev–Trinajstić information content (AvgIpc) is 2.95. The van der Waals surface area contributed by atoms with Gasteiger partial charge in [0.15, 0.2) is 0 Å². The van der Waals surface area contributed by atoms with Gasteiger partial charge in [0.05, 0.1) is 0 Å². The first kappa shape index (κ1) is 53.8. The highest BCUT2D eigenvalue weighted by Gasteiger charge is 2.35. The number of para-hydroxylation sites is 4. The lowest BCUT2D eigenvalue weighted by Crippen LogP contribution is -2.10. The van der Waals surface area contributed by atoms with E-state index in [1.165, 1.54) is 77.9 Å². The Labute approximate surface area is 517 Å². The highest BCUT2D eigenvalue weighted by molar-refractivity contribution is 5.92. The summed E-state index contributed by atoms with van der Waals surface area (Å²) in [6.07, 6.45) is 0. The van der Waals surface area contributed by atoms with E-state index in [4.69, 9.17) is 0 Å². The minimum Gasteiger partial charge on any atom is -0.310 e. The lowest BCUT2D eigenvalue weighted by atomic mass is 9.85. The van der Waals surface area contributed by atoms with Crippen LogP contribution < -0.4 is 19.6 Å². The Balaban J connectivity index is 0.877. The van der Waals surface area contributed by atoms with E-state index >= 15 is 0 Å². The van der Waals surface area contributed by atoms with E-state index in [1.807, 2.05) is 0 Å². The van der Waals surface area contributed by atoms with Gasteiger partial charge in [-0.25, -0.2) is 0 Å². The van der Waals surface area contributed by atoms with Crippen molar-refractivity contribution in [1.29, 1.82) is 0 Å².